The Kier molecular flexibility index (Phi) is 5.69. The van der Waals surface area contributed by atoms with Gasteiger partial charge in [-0.1, -0.05) is 0 Å². The molecular weight excluding hydrogens is 300 g/mol. The summed E-state index contributed by atoms with van der Waals surface area (Å²) in [6, 6.07) is -0.0285. The molecule has 0 aromatic heterocycles. The summed E-state index contributed by atoms with van der Waals surface area (Å²) in [5, 5.41) is 0. The Morgan fingerprint density at radius 2 is 1.80 bits per heavy atom. The number of sulfonamides is 1. The Labute approximate surface area is 126 Å². The number of alkyl halides is 1. The fourth-order valence-electron chi connectivity index (χ4n) is 2.51. The number of unbranched alkanes of at least 4 members (excludes halogenated alkanes) is 1. The van der Waals surface area contributed by atoms with Gasteiger partial charge < -0.3 is 4.90 Å². The third-order valence-electron chi connectivity index (χ3n) is 3.88. The minimum atomic E-state index is -3.21. The summed E-state index contributed by atoms with van der Waals surface area (Å²) in [5.41, 5.74) is 0. The van der Waals surface area contributed by atoms with Gasteiger partial charge in [-0.3, -0.25) is 4.79 Å². The Hall–Kier alpha value is -0.330. The number of amides is 1. The zero-order valence-electron chi connectivity index (χ0n) is 11.7. The van der Waals surface area contributed by atoms with Crippen molar-refractivity contribution in [3.63, 3.8) is 0 Å². The number of carbonyl (C=O) groups excluding carboxylic acids is 1. The van der Waals surface area contributed by atoms with Crippen LogP contribution < -0.4 is 4.72 Å². The average molecular weight is 323 g/mol. The number of carbonyl (C=O) groups is 1. The standard InChI is InChI=1S/C13H23ClN2O3S/c14-7-1-2-10-20(18,19)15-12-5-8-16(9-6-12)13(17)11-3-4-11/h11-12,15H,1-10H2. The molecular formula is C13H23ClN2O3S. The highest BCUT2D eigenvalue weighted by Crippen LogP contribution is 2.31. The van der Waals surface area contributed by atoms with Gasteiger partial charge in [0, 0.05) is 30.9 Å². The Bertz CT molecular complexity index is 429. The average Bonchev–Trinajstić information content (AvgIpc) is 3.23. The lowest BCUT2D eigenvalue weighted by Gasteiger charge is -2.32. The van der Waals surface area contributed by atoms with Crippen LogP contribution in [0.1, 0.15) is 38.5 Å². The van der Waals surface area contributed by atoms with Crippen LogP contribution in [0.4, 0.5) is 0 Å². The molecule has 1 aliphatic carbocycles. The van der Waals surface area contributed by atoms with Crippen molar-refractivity contribution in [2.24, 2.45) is 5.92 Å². The third-order valence-corrected chi connectivity index (χ3v) is 5.66. The van der Waals surface area contributed by atoms with E-state index in [9.17, 15) is 13.2 Å². The summed E-state index contributed by atoms with van der Waals surface area (Å²) < 4.78 is 26.5. The topological polar surface area (TPSA) is 66.5 Å². The Morgan fingerprint density at radius 1 is 1.15 bits per heavy atom. The first-order valence-electron chi connectivity index (χ1n) is 7.36. The molecule has 0 aromatic rings. The second-order valence-corrected chi connectivity index (χ2v) is 7.96. The maximum absolute atomic E-state index is 11.9. The van der Waals surface area contributed by atoms with Crippen molar-refractivity contribution in [3.8, 4) is 0 Å². The summed E-state index contributed by atoms with van der Waals surface area (Å²) in [5.74, 6) is 1.14. The van der Waals surface area contributed by atoms with E-state index in [-0.39, 0.29) is 23.6 Å². The van der Waals surface area contributed by atoms with Gasteiger partial charge in [0.05, 0.1) is 5.75 Å². The Balaban J connectivity index is 1.71. The van der Waals surface area contributed by atoms with Crippen LogP contribution in [0, 0.1) is 5.92 Å². The normalized spacial score (nSPS) is 21.1. The van der Waals surface area contributed by atoms with E-state index in [1.54, 1.807) is 0 Å². The molecule has 1 aliphatic heterocycles. The van der Waals surface area contributed by atoms with Crippen molar-refractivity contribution in [3.05, 3.63) is 0 Å². The fourth-order valence-corrected chi connectivity index (χ4v) is 4.14. The lowest BCUT2D eigenvalue weighted by atomic mass is 10.1. The largest absolute Gasteiger partial charge is 0.342 e. The molecule has 0 bridgehead atoms. The van der Waals surface area contributed by atoms with Crippen LogP contribution in [-0.4, -0.2) is 50.0 Å². The number of nitrogens with one attached hydrogen (secondary N) is 1. The molecule has 0 unspecified atom stereocenters. The molecule has 1 N–H and O–H groups in total. The maximum atomic E-state index is 11.9. The molecule has 0 spiro atoms. The second-order valence-electron chi connectivity index (χ2n) is 5.71. The third kappa shape index (κ3) is 4.90. The van der Waals surface area contributed by atoms with E-state index in [1.807, 2.05) is 4.90 Å². The summed E-state index contributed by atoms with van der Waals surface area (Å²) >= 11 is 5.55. The van der Waals surface area contributed by atoms with Crippen molar-refractivity contribution in [1.82, 2.24) is 9.62 Å². The highest BCUT2D eigenvalue weighted by atomic mass is 35.5. The minimum absolute atomic E-state index is 0.0285. The van der Waals surface area contributed by atoms with Gasteiger partial charge in [-0.25, -0.2) is 13.1 Å². The summed E-state index contributed by atoms with van der Waals surface area (Å²) in [6.07, 6.45) is 4.78. The summed E-state index contributed by atoms with van der Waals surface area (Å²) in [7, 11) is -3.21. The van der Waals surface area contributed by atoms with Crippen LogP contribution in [0.5, 0.6) is 0 Å². The van der Waals surface area contributed by atoms with Crippen LogP contribution in [-0.2, 0) is 14.8 Å². The molecule has 116 valence electrons. The van der Waals surface area contributed by atoms with Gasteiger partial charge in [0.2, 0.25) is 15.9 Å². The first kappa shape index (κ1) is 16.0. The Morgan fingerprint density at radius 3 is 2.35 bits per heavy atom. The van der Waals surface area contributed by atoms with Gasteiger partial charge in [-0.15, -0.1) is 11.6 Å². The quantitative estimate of drug-likeness (QED) is 0.568. The van der Waals surface area contributed by atoms with Crippen molar-refractivity contribution < 1.29 is 13.2 Å². The van der Waals surface area contributed by atoms with Gasteiger partial charge in [-0.2, -0.15) is 0 Å². The van der Waals surface area contributed by atoms with E-state index in [1.165, 1.54) is 0 Å². The van der Waals surface area contributed by atoms with E-state index in [4.69, 9.17) is 11.6 Å². The van der Waals surface area contributed by atoms with Gasteiger partial charge in [0.25, 0.3) is 0 Å². The number of nitrogens with zero attached hydrogens (tertiary/aromatic N) is 1. The van der Waals surface area contributed by atoms with Crippen LogP contribution in [0.2, 0.25) is 0 Å². The molecule has 20 heavy (non-hydrogen) atoms. The highest BCUT2D eigenvalue weighted by molar-refractivity contribution is 7.89. The molecule has 1 heterocycles. The van der Waals surface area contributed by atoms with Crippen LogP contribution >= 0.6 is 11.6 Å². The van der Waals surface area contributed by atoms with Gasteiger partial charge >= 0.3 is 0 Å². The van der Waals surface area contributed by atoms with E-state index >= 15 is 0 Å². The van der Waals surface area contributed by atoms with E-state index in [0.29, 0.717) is 38.2 Å². The minimum Gasteiger partial charge on any atom is -0.342 e. The molecule has 1 saturated heterocycles. The zero-order chi connectivity index (χ0) is 14.6. The summed E-state index contributed by atoms with van der Waals surface area (Å²) in [6.45, 7) is 1.34. The van der Waals surface area contributed by atoms with E-state index < -0.39 is 10.0 Å². The van der Waals surface area contributed by atoms with Crippen LogP contribution in [0.25, 0.3) is 0 Å². The van der Waals surface area contributed by atoms with Crippen molar-refractivity contribution >= 4 is 27.5 Å². The first-order chi connectivity index (χ1) is 9.52. The SMILES string of the molecule is O=C(C1CC1)N1CCC(NS(=O)(=O)CCCCCl)CC1. The van der Waals surface area contributed by atoms with Crippen LogP contribution in [0.3, 0.4) is 0 Å². The predicted octanol–water partition coefficient (Wildman–Crippen LogP) is 1.33. The molecule has 7 heteroatoms. The molecule has 0 radical (unpaired) electrons. The molecule has 0 atom stereocenters. The van der Waals surface area contributed by atoms with Crippen molar-refractivity contribution in [2.45, 2.75) is 44.6 Å². The predicted molar refractivity (Wildman–Crippen MR) is 79.2 cm³/mol. The molecule has 2 rings (SSSR count). The van der Waals surface area contributed by atoms with Gasteiger partial charge in [0.15, 0.2) is 0 Å². The maximum Gasteiger partial charge on any atom is 0.225 e. The van der Waals surface area contributed by atoms with Crippen LogP contribution in [0.15, 0.2) is 0 Å². The molecule has 1 saturated carbocycles. The number of likely N-dealkylation sites (tertiary alicyclic amines) is 1. The number of piperidine rings is 1. The molecule has 5 nitrogen and oxygen atoms in total. The molecule has 2 fully saturated rings. The fraction of sp³-hybridized carbons (Fsp3) is 0.923. The summed E-state index contributed by atoms with van der Waals surface area (Å²) in [4.78, 5) is 13.8. The highest BCUT2D eigenvalue weighted by Gasteiger charge is 2.35. The zero-order valence-corrected chi connectivity index (χ0v) is 13.3. The van der Waals surface area contributed by atoms with E-state index in [2.05, 4.69) is 4.72 Å². The van der Waals surface area contributed by atoms with Crippen molar-refractivity contribution in [2.75, 3.05) is 24.7 Å². The van der Waals surface area contributed by atoms with Gasteiger partial charge in [-0.05, 0) is 38.5 Å². The number of rotatable bonds is 7. The van der Waals surface area contributed by atoms with Crippen molar-refractivity contribution in [1.29, 1.82) is 0 Å². The lowest BCUT2D eigenvalue weighted by molar-refractivity contribution is -0.133. The molecule has 1 amide bonds. The monoisotopic (exact) mass is 322 g/mol. The molecule has 0 aromatic carbocycles. The van der Waals surface area contributed by atoms with Gasteiger partial charge in [0.1, 0.15) is 0 Å². The lowest BCUT2D eigenvalue weighted by Crippen LogP contribution is -2.47. The molecule has 2 aliphatic rings. The first-order valence-corrected chi connectivity index (χ1v) is 9.55. The number of hydrogen-bond donors (Lipinski definition) is 1. The second kappa shape index (κ2) is 7.09. The number of halogens is 1. The smallest absolute Gasteiger partial charge is 0.225 e. The number of hydrogen-bond acceptors (Lipinski definition) is 3. The van der Waals surface area contributed by atoms with E-state index in [0.717, 1.165) is 19.3 Å².